The van der Waals surface area contributed by atoms with Gasteiger partial charge in [-0.1, -0.05) is 19.1 Å². The van der Waals surface area contributed by atoms with E-state index in [-0.39, 0.29) is 55.2 Å². The summed E-state index contributed by atoms with van der Waals surface area (Å²) in [5.74, 6) is 0.285. The minimum Gasteiger partial charge on any atom is -0.462 e. The molecule has 1 aliphatic carbocycles. The largest absolute Gasteiger partial charge is 0.462 e. The van der Waals surface area contributed by atoms with E-state index in [0.29, 0.717) is 6.42 Å². The predicted octanol–water partition coefficient (Wildman–Crippen LogP) is 1.75. The highest BCUT2D eigenvalue weighted by atomic mass is 16.7. The zero-order valence-electron chi connectivity index (χ0n) is 13.1. The van der Waals surface area contributed by atoms with Crippen LogP contribution in [0.2, 0.25) is 0 Å². The molecule has 0 aromatic heterocycles. The first-order valence-corrected chi connectivity index (χ1v) is 7.55. The number of carbonyl (C=O) groups excluding carboxylic acids is 1. The summed E-state index contributed by atoms with van der Waals surface area (Å²) >= 11 is 0. The molecule has 1 heterocycles. The SMILES string of the molecule is C=C(C)[C@H]1C[C@H](OCOC)[C@H](C)[C@H]1[C@@H]1OC(=O)C[C@H]1CO. The van der Waals surface area contributed by atoms with Gasteiger partial charge in [0.2, 0.25) is 0 Å². The van der Waals surface area contributed by atoms with E-state index < -0.39 is 0 Å². The first-order chi connectivity index (χ1) is 9.99. The second-order valence-corrected chi connectivity index (χ2v) is 6.34. The van der Waals surface area contributed by atoms with Crippen LogP contribution in [0.1, 0.15) is 26.7 Å². The van der Waals surface area contributed by atoms with Gasteiger partial charge in [0.1, 0.15) is 12.9 Å². The van der Waals surface area contributed by atoms with Crippen LogP contribution in [0.25, 0.3) is 0 Å². The van der Waals surface area contributed by atoms with Gasteiger partial charge in [0, 0.05) is 25.6 Å². The first-order valence-electron chi connectivity index (χ1n) is 7.55. The summed E-state index contributed by atoms with van der Waals surface area (Å²) in [6.07, 6.45) is 0.985. The van der Waals surface area contributed by atoms with Gasteiger partial charge < -0.3 is 19.3 Å². The molecule has 6 atom stereocenters. The van der Waals surface area contributed by atoms with Crippen LogP contribution in [0.5, 0.6) is 0 Å². The second kappa shape index (κ2) is 6.90. The van der Waals surface area contributed by atoms with Crippen LogP contribution in [0, 0.1) is 23.7 Å². The molecule has 5 heteroatoms. The number of aliphatic hydroxyl groups excluding tert-OH is 1. The van der Waals surface area contributed by atoms with Crippen LogP contribution in [0.15, 0.2) is 12.2 Å². The summed E-state index contributed by atoms with van der Waals surface area (Å²) in [4.78, 5) is 11.6. The van der Waals surface area contributed by atoms with Crippen molar-refractivity contribution in [2.24, 2.45) is 23.7 Å². The molecule has 0 radical (unpaired) electrons. The third-order valence-electron chi connectivity index (χ3n) is 4.95. The fourth-order valence-corrected chi connectivity index (χ4v) is 3.86. The van der Waals surface area contributed by atoms with Crippen molar-refractivity contribution in [1.82, 2.24) is 0 Å². The zero-order valence-corrected chi connectivity index (χ0v) is 13.1. The predicted molar refractivity (Wildman–Crippen MR) is 77.4 cm³/mol. The molecule has 0 unspecified atom stereocenters. The number of hydrogen-bond donors (Lipinski definition) is 1. The lowest BCUT2D eigenvalue weighted by atomic mass is 9.78. The Morgan fingerprint density at radius 2 is 2.24 bits per heavy atom. The van der Waals surface area contributed by atoms with Gasteiger partial charge in [-0.15, -0.1) is 0 Å². The van der Waals surface area contributed by atoms with Crippen molar-refractivity contribution in [2.75, 3.05) is 20.5 Å². The Balaban J connectivity index is 2.17. The molecule has 2 fully saturated rings. The van der Waals surface area contributed by atoms with E-state index in [9.17, 15) is 9.90 Å². The Kier molecular flexibility index (Phi) is 5.41. The van der Waals surface area contributed by atoms with Crippen molar-refractivity contribution in [1.29, 1.82) is 0 Å². The third kappa shape index (κ3) is 3.30. The van der Waals surface area contributed by atoms with Crippen LogP contribution in [-0.4, -0.2) is 43.8 Å². The van der Waals surface area contributed by atoms with Crippen molar-refractivity contribution < 1.29 is 24.1 Å². The van der Waals surface area contributed by atoms with Gasteiger partial charge >= 0.3 is 5.97 Å². The highest BCUT2D eigenvalue weighted by Crippen LogP contribution is 2.48. The summed E-state index contributed by atoms with van der Waals surface area (Å²) in [7, 11) is 1.61. The molecule has 2 aliphatic rings. The van der Waals surface area contributed by atoms with Gasteiger partial charge in [-0.05, 0) is 25.2 Å². The summed E-state index contributed by atoms with van der Waals surface area (Å²) in [5.41, 5.74) is 1.08. The van der Waals surface area contributed by atoms with Crippen LogP contribution in [0.3, 0.4) is 0 Å². The van der Waals surface area contributed by atoms with E-state index in [1.165, 1.54) is 0 Å². The van der Waals surface area contributed by atoms with Crippen molar-refractivity contribution in [3.05, 3.63) is 12.2 Å². The van der Waals surface area contributed by atoms with Gasteiger partial charge in [-0.2, -0.15) is 0 Å². The smallest absolute Gasteiger partial charge is 0.306 e. The molecule has 5 nitrogen and oxygen atoms in total. The second-order valence-electron chi connectivity index (χ2n) is 6.34. The molecule has 0 amide bonds. The maximum Gasteiger partial charge on any atom is 0.306 e. The van der Waals surface area contributed by atoms with Crippen molar-refractivity contribution in [3.8, 4) is 0 Å². The lowest BCUT2D eigenvalue weighted by Crippen LogP contribution is -2.36. The molecule has 0 spiro atoms. The van der Waals surface area contributed by atoms with Crippen molar-refractivity contribution in [2.45, 2.75) is 38.9 Å². The molecule has 1 aliphatic heterocycles. The maximum absolute atomic E-state index is 11.6. The fraction of sp³-hybridized carbons (Fsp3) is 0.812. The van der Waals surface area contributed by atoms with E-state index in [0.717, 1.165) is 12.0 Å². The van der Waals surface area contributed by atoms with E-state index in [1.807, 2.05) is 6.92 Å². The molecule has 120 valence electrons. The van der Waals surface area contributed by atoms with Gasteiger partial charge in [0.15, 0.2) is 0 Å². The van der Waals surface area contributed by atoms with Crippen LogP contribution in [-0.2, 0) is 19.0 Å². The minimum absolute atomic E-state index is 0.0217. The minimum atomic E-state index is -0.240. The first kappa shape index (κ1) is 16.5. The van der Waals surface area contributed by atoms with Gasteiger partial charge in [-0.25, -0.2) is 0 Å². The van der Waals surface area contributed by atoms with E-state index in [4.69, 9.17) is 14.2 Å². The highest BCUT2D eigenvalue weighted by Gasteiger charge is 2.51. The number of esters is 1. The quantitative estimate of drug-likeness (QED) is 0.460. The Morgan fingerprint density at radius 1 is 1.52 bits per heavy atom. The molecule has 0 bridgehead atoms. The Morgan fingerprint density at radius 3 is 2.81 bits per heavy atom. The molecule has 2 rings (SSSR count). The Bertz CT molecular complexity index is 394. The molecule has 21 heavy (non-hydrogen) atoms. The van der Waals surface area contributed by atoms with Crippen molar-refractivity contribution in [3.63, 3.8) is 0 Å². The Hall–Kier alpha value is -0.910. The summed E-state index contributed by atoms with van der Waals surface area (Å²) in [6.45, 7) is 8.46. The average molecular weight is 298 g/mol. The number of rotatable bonds is 6. The topological polar surface area (TPSA) is 65.0 Å². The third-order valence-corrected chi connectivity index (χ3v) is 4.95. The maximum atomic E-state index is 11.6. The number of aliphatic hydroxyl groups is 1. The monoisotopic (exact) mass is 298 g/mol. The fourth-order valence-electron chi connectivity index (χ4n) is 3.86. The number of carbonyl (C=O) groups is 1. The molecular weight excluding hydrogens is 272 g/mol. The normalized spacial score (nSPS) is 39.5. The highest BCUT2D eigenvalue weighted by molar-refractivity contribution is 5.72. The van der Waals surface area contributed by atoms with Crippen LogP contribution < -0.4 is 0 Å². The van der Waals surface area contributed by atoms with Gasteiger partial charge in [0.25, 0.3) is 0 Å². The summed E-state index contributed by atoms with van der Waals surface area (Å²) in [6, 6.07) is 0. The van der Waals surface area contributed by atoms with E-state index >= 15 is 0 Å². The zero-order chi connectivity index (χ0) is 15.6. The number of ether oxygens (including phenoxy) is 3. The van der Waals surface area contributed by atoms with Gasteiger partial charge in [-0.3, -0.25) is 4.79 Å². The molecule has 1 N–H and O–H groups in total. The van der Waals surface area contributed by atoms with E-state index in [1.54, 1.807) is 7.11 Å². The molecule has 1 saturated carbocycles. The lowest BCUT2D eigenvalue weighted by molar-refractivity contribution is -0.145. The van der Waals surface area contributed by atoms with Crippen LogP contribution in [0.4, 0.5) is 0 Å². The number of hydrogen-bond acceptors (Lipinski definition) is 5. The molecule has 1 saturated heterocycles. The number of cyclic esters (lactones) is 1. The molecule has 0 aromatic carbocycles. The molecule has 0 aromatic rings. The van der Waals surface area contributed by atoms with Crippen LogP contribution >= 0.6 is 0 Å². The summed E-state index contributed by atoms with van der Waals surface area (Å²) < 4.78 is 16.3. The standard InChI is InChI=1S/C16H26O5/c1-9(2)12-6-13(20-8-19-4)10(3)15(12)16-11(7-17)5-14(18)21-16/h10-13,15-17H,1,5-8H2,2-4H3/t10-,11-,12+,13-,15+,16+/m0/s1. The van der Waals surface area contributed by atoms with Crippen molar-refractivity contribution >= 4 is 5.97 Å². The van der Waals surface area contributed by atoms with Gasteiger partial charge in [0.05, 0.1) is 12.5 Å². The lowest BCUT2D eigenvalue weighted by Gasteiger charge is -2.31. The number of allylic oxidation sites excluding steroid dienone is 1. The molecular formula is C16H26O5. The van der Waals surface area contributed by atoms with E-state index in [2.05, 4.69) is 13.5 Å². The average Bonchev–Trinajstić information content (AvgIpc) is 2.96. The summed E-state index contributed by atoms with van der Waals surface area (Å²) in [5, 5.41) is 9.53. The number of methoxy groups -OCH3 is 1. The Labute approximate surface area is 126 Å².